The van der Waals surface area contributed by atoms with E-state index in [1.54, 1.807) is 0 Å². The van der Waals surface area contributed by atoms with Gasteiger partial charge in [-0.05, 0) is 0 Å². The van der Waals surface area contributed by atoms with Gasteiger partial charge in [0.05, 0.1) is 0 Å². The van der Waals surface area contributed by atoms with Gasteiger partial charge in [-0.3, -0.25) is 0 Å². The van der Waals surface area contributed by atoms with Gasteiger partial charge in [0.2, 0.25) is 0 Å². The van der Waals surface area contributed by atoms with Crippen molar-refractivity contribution in [3.05, 3.63) is 190 Å². The van der Waals surface area contributed by atoms with Crippen molar-refractivity contribution in [1.82, 2.24) is 0 Å². The molecule has 0 N–H and O–H groups in total. The fourth-order valence-corrected chi connectivity index (χ4v) is 41.6. The van der Waals surface area contributed by atoms with Crippen LogP contribution >= 0.6 is 17.0 Å². The number of allylic oxidation sites excluding steroid dienone is 2. The second-order valence-corrected chi connectivity index (χ2v) is 59.1. The normalized spacial score (nSPS) is 17.3. The molecule has 2 unspecified atom stereocenters. The molecular formula is C51H47Cl2SiZr. The van der Waals surface area contributed by atoms with Crippen LogP contribution in [0.3, 0.4) is 0 Å². The molecular weight excluding hydrogens is 803 g/mol. The van der Waals surface area contributed by atoms with Crippen molar-refractivity contribution in [2.75, 3.05) is 0 Å². The molecule has 2 atom stereocenters. The number of rotatable bonds is 8. The van der Waals surface area contributed by atoms with Gasteiger partial charge in [0.25, 0.3) is 0 Å². The van der Waals surface area contributed by atoms with Crippen LogP contribution in [0.1, 0.15) is 54.5 Å². The van der Waals surface area contributed by atoms with Crippen LogP contribution in [0.15, 0.2) is 157 Å². The molecule has 7 aromatic carbocycles. The van der Waals surface area contributed by atoms with Gasteiger partial charge >= 0.3 is 338 Å². The van der Waals surface area contributed by atoms with Crippen LogP contribution in [-0.4, -0.2) is 5.92 Å². The Hall–Kier alpha value is -3.78. The summed E-state index contributed by atoms with van der Waals surface area (Å²) in [5.74, 6) is -1.49. The molecule has 9 rings (SSSR count). The molecule has 0 bridgehead atoms. The molecule has 2 aliphatic carbocycles. The zero-order chi connectivity index (χ0) is 38.1. The topological polar surface area (TPSA) is 0 Å². The van der Waals surface area contributed by atoms with Gasteiger partial charge in [-0.25, -0.2) is 0 Å². The van der Waals surface area contributed by atoms with Gasteiger partial charge < -0.3 is 0 Å². The van der Waals surface area contributed by atoms with Gasteiger partial charge in [0.15, 0.2) is 0 Å². The standard InChI is InChI=1S/C27H21.C22H19.C2H7Si.2ClH.Zr/c1-19-14-15-25(24-13-7-11-22-10-5-6-12-23(22)24)27-18-21(17-26(19)27)16-20-8-3-2-4-9-20;1-15(2)18-13-17-9-6-12-21(22(17)14-18)20-11-5-8-16-7-3-4-10-19(16)20;1-3-2;;;/h2-15,17-18H,16H2,1H3;3-15H,1-2H3;3H,1-2H3;2*1H;/q;;;;;+2/p-2. The predicted molar refractivity (Wildman–Crippen MR) is 241 cm³/mol. The average Bonchev–Trinajstić information content (AvgIpc) is 3.80. The summed E-state index contributed by atoms with van der Waals surface area (Å²) in [6.45, 7) is 11.9. The van der Waals surface area contributed by atoms with E-state index >= 15 is 0 Å². The van der Waals surface area contributed by atoms with Crippen LogP contribution in [0.25, 0.3) is 56.0 Å². The van der Waals surface area contributed by atoms with Crippen LogP contribution in [0.4, 0.5) is 0 Å². The summed E-state index contributed by atoms with van der Waals surface area (Å²) in [4.78, 5) is 0. The SMILES string of the molecule is Cc1ccc(-c2cccc3ccccc23)c2c1[CH]([Zr]([Cl])([Cl])([CH]1C(C(C)C)=Cc3c(-c4cccc5ccccc45)cccc31)[SiH](C)C)C(Cc1ccccc1)=C2. The van der Waals surface area contributed by atoms with Crippen molar-refractivity contribution in [1.29, 1.82) is 0 Å². The summed E-state index contributed by atoms with van der Waals surface area (Å²) < 4.78 is -0.00187. The molecule has 0 fully saturated rings. The summed E-state index contributed by atoms with van der Waals surface area (Å²) in [5, 5.41) is 5.05. The van der Waals surface area contributed by atoms with E-state index in [1.165, 1.54) is 88.3 Å². The van der Waals surface area contributed by atoms with E-state index < -0.39 is 21.5 Å². The Morgan fingerprint density at radius 3 is 1.73 bits per heavy atom. The minimum absolute atomic E-state index is 0.0112. The van der Waals surface area contributed by atoms with Crippen LogP contribution in [-0.2, 0) is 22.0 Å². The van der Waals surface area contributed by atoms with Gasteiger partial charge in [0, 0.05) is 0 Å². The molecule has 0 amide bonds. The van der Waals surface area contributed by atoms with E-state index in [1.807, 2.05) is 0 Å². The summed E-state index contributed by atoms with van der Waals surface area (Å²) in [5.41, 5.74) is 15.8. The molecule has 0 nitrogen and oxygen atoms in total. The number of aryl methyl sites for hydroxylation is 1. The van der Waals surface area contributed by atoms with Crippen LogP contribution < -0.4 is 0 Å². The monoisotopic (exact) mass is 847 g/mol. The Kier molecular flexibility index (Phi) is 9.38. The molecule has 7 aromatic rings. The Balaban J connectivity index is 1.31. The Labute approximate surface area is 335 Å². The maximum absolute atomic E-state index is 9.01. The number of hydrogen-bond donors (Lipinski definition) is 0. The number of hydrogen-bond acceptors (Lipinski definition) is 0. The van der Waals surface area contributed by atoms with E-state index in [-0.39, 0.29) is 7.25 Å². The molecule has 0 aliphatic heterocycles. The predicted octanol–water partition coefficient (Wildman–Crippen LogP) is 15.1. The molecule has 0 radical (unpaired) electrons. The Bertz CT molecular complexity index is 2690. The van der Waals surface area contributed by atoms with Crippen LogP contribution in [0.5, 0.6) is 0 Å². The summed E-state index contributed by atoms with van der Waals surface area (Å²) in [7, 11) is 18.0. The van der Waals surface area contributed by atoms with E-state index in [9.17, 15) is 0 Å². The molecule has 0 spiro atoms. The third-order valence-electron chi connectivity index (χ3n) is 12.9. The van der Waals surface area contributed by atoms with Crippen LogP contribution in [0, 0.1) is 12.8 Å². The summed E-state index contributed by atoms with van der Waals surface area (Å²) in [6.07, 6.45) is 5.86. The molecule has 55 heavy (non-hydrogen) atoms. The van der Waals surface area contributed by atoms with Crippen molar-refractivity contribution in [2.24, 2.45) is 5.92 Å². The van der Waals surface area contributed by atoms with Gasteiger partial charge in [-0.2, -0.15) is 0 Å². The van der Waals surface area contributed by atoms with Crippen LogP contribution in [0.2, 0.25) is 13.1 Å². The Morgan fingerprint density at radius 2 is 1.11 bits per heavy atom. The molecule has 0 saturated heterocycles. The third-order valence-corrected chi connectivity index (χ3v) is 64.6. The quantitative estimate of drug-likeness (QED) is 0.134. The zero-order valence-corrected chi connectivity index (χ0v) is 37.4. The summed E-state index contributed by atoms with van der Waals surface area (Å²) >= 11 is -5.12. The van der Waals surface area contributed by atoms with Crippen molar-refractivity contribution in [3.63, 3.8) is 0 Å². The van der Waals surface area contributed by atoms with Crippen molar-refractivity contribution >= 4 is 56.6 Å². The van der Waals surface area contributed by atoms with E-state index in [0.29, 0.717) is 5.92 Å². The Morgan fingerprint density at radius 1 is 0.564 bits per heavy atom. The minimum atomic E-state index is -5.12. The molecule has 4 heteroatoms. The van der Waals surface area contributed by atoms with Gasteiger partial charge in [0.1, 0.15) is 0 Å². The second-order valence-electron chi connectivity index (χ2n) is 16.5. The first-order valence-corrected chi connectivity index (χ1v) is 36.1. The molecule has 0 saturated carbocycles. The second kappa shape index (κ2) is 14.0. The maximum atomic E-state index is 9.01. The fourth-order valence-electron chi connectivity index (χ4n) is 10.1. The van der Waals surface area contributed by atoms with Gasteiger partial charge in [-0.1, -0.05) is 0 Å². The number of benzene rings is 7. The zero-order valence-electron chi connectivity index (χ0n) is 32.3. The van der Waals surface area contributed by atoms with Crippen molar-refractivity contribution < 1.29 is 15.6 Å². The van der Waals surface area contributed by atoms with E-state index in [2.05, 4.69) is 192 Å². The fraction of sp³-hybridized carbons (Fsp3) is 0.176. The number of fused-ring (bicyclic) bond motifs is 4. The van der Waals surface area contributed by atoms with Crippen molar-refractivity contribution in [3.8, 4) is 22.3 Å². The third kappa shape index (κ3) is 5.86. The summed E-state index contributed by atoms with van der Waals surface area (Å²) in [6, 6.07) is 53.5. The first kappa shape index (κ1) is 36.8. The molecule has 0 aromatic heterocycles. The first-order chi connectivity index (χ1) is 26.6. The molecule has 273 valence electrons. The average molecular weight is 850 g/mol. The first-order valence-electron chi connectivity index (χ1n) is 19.8. The molecule has 0 heterocycles. The van der Waals surface area contributed by atoms with Gasteiger partial charge in [-0.15, -0.1) is 0 Å². The van der Waals surface area contributed by atoms with E-state index in [0.717, 1.165) is 6.42 Å². The number of halogens is 2. The van der Waals surface area contributed by atoms with E-state index in [4.69, 9.17) is 17.0 Å². The molecule has 2 aliphatic rings. The van der Waals surface area contributed by atoms with Crippen molar-refractivity contribution in [2.45, 2.75) is 47.5 Å².